The Kier molecular flexibility index (Phi) is 5.49. The molecule has 1 aliphatic rings. The maximum atomic E-state index is 6.26. The maximum absolute atomic E-state index is 6.26. The minimum Gasteiger partial charge on any atom is -0.416 e. The number of hydrogen-bond acceptors (Lipinski definition) is 3. The summed E-state index contributed by atoms with van der Waals surface area (Å²) in [4.78, 5) is 4.85. The minimum absolute atomic E-state index is 0.850. The zero-order chi connectivity index (χ0) is 14.6. The third-order valence-corrected chi connectivity index (χ3v) is 4.90. The molecule has 5 heteroatoms. The second-order valence-electron chi connectivity index (χ2n) is 6.24. The lowest BCUT2D eigenvalue weighted by Gasteiger charge is -2.36. The molecular formula is C15H25ClN2OSi. The van der Waals surface area contributed by atoms with E-state index in [0.717, 1.165) is 50.0 Å². The molecule has 0 aromatic heterocycles. The Balaban J connectivity index is 1.77. The fraction of sp³-hybridized carbons (Fsp3) is 0.600. The molecular weight excluding hydrogens is 288 g/mol. The van der Waals surface area contributed by atoms with E-state index in [1.807, 2.05) is 12.1 Å². The summed E-state index contributed by atoms with van der Waals surface area (Å²) in [5, 5.41) is 0.850. The van der Waals surface area contributed by atoms with Crippen LogP contribution in [0.1, 0.15) is 0 Å². The van der Waals surface area contributed by atoms with E-state index in [2.05, 4.69) is 41.6 Å². The smallest absolute Gasteiger partial charge is 0.183 e. The van der Waals surface area contributed by atoms with Crippen molar-refractivity contribution in [3.8, 4) is 0 Å². The molecule has 1 heterocycles. The number of piperazine rings is 1. The molecule has 0 unspecified atom stereocenters. The number of rotatable bonds is 5. The number of halogens is 1. The van der Waals surface area contributed by atoms with Gasteiger partial charge in [-0.05, 0) is 31.8 Å². The fourth-order valence-electron chi connectivity index (χ4n) is 2.40. The van der Waals surface area contributed by atoms with Gasteiger partial charge in [0.15, 0.2) is 8.32 Å². The van der Waals surface area contributed by atoms with Crippen LogP contribution in [0.4, 0.5) is 5.69 Å². The normalized spacial score (nSPS) is 17.5. The van der Waals surface area contributed by atoms with E-state index in [-0.39, 0.29) is 0 Å². The highest BCUT2D eigenvalue weighted by Gasteiger charge is 2.19. The van der Waals surface area contributed by atoms with E-state index in [9.17, 15) is 0 Å². The Morgan fingerprint density at radius 2 is 1.75 bits per heavy atom. The monoisotopic (exact) mass is 312 g/mol. The molecule has 112 valence electrons. The third-order valence-electron chi connectivity index (χ3n) is 3.51. The molecule has 0 bridgehead atoms. The lowest BCUT2D eigenvalue weighted by Crippen LogP contribution is -2.47. The second kappa shape index (κ2) is 6.94. The molecule has 1 fully saturated rings. The largest absolute Gasteiger partial charge is 0.416 e. The molecule has 1 aromatic rings. The number of nitrogens with zero attached hydrogens (tertiary/aromatic N) is 2. The van der Waals surface area contributed by atoms with Gasteiger partial charge in [-0.1, -0.05) is 23.7 Å². The van der Waals surface area contributed by atoms with Crippen molar-refractivity contribution in [2.45, 2.75) is 19.6 Å². The topological polar surface area (TPSA) is 15.7 Å². The van der Waals surface area contributed by atoms with E-state index in [1.54, 1.807) is 0 Å². The summed E-state index contributed by atoms with van der Waals surface area (Å²) in [5.74, 6) is 0. The van der Waals surface area contributed by atoms with Gasteiger partial charge in [0.25, 0.3) is 0 Å². The van der Waals surface area contributed by atoms with Gasteiger partial charge in [-0.2, -0.15) is 0 Å². The van der Waals surface area contributed by atoms with Gasteiger partial charge in [-0.15, -0.1) is 0 Å². The van der Waals surface area contributed by atoms with Gasteiger partial charge in [0.2, 0.25) is 0 Å². The minimum atomic E-state index is -1.37. The number of para-hydroxylation sites is 1. The van der Waals surface area contributed by atoms with Crippen LogP contribution in [-0.2, 0) is 4.43 Å². The Bertz CT molecular complexity index is 428. The van der Waals surface area contributed by atoms with Crippen LogP contribution in [0.25, 0.3) is 0 Å². The molecule has 0 atom stereocenters. The van der Waals surface area contributed by atoms with Crippen molar-refractivity contribution in [3.05, 3.63) is 29.3 Å². The molecule has 0 N–H and O–H groups in total. The van der Waals surface area contributed by atoms with Crippen LogP contribution < -0.4 is 4.90 Å². The van der Waals surface area contributed by atoms with Crippen LogP contribution in [0.5, 0.6) is 0 Å². The maximum Gasteiger partial charge on any atom is 0.183 e. The van der Waals surface area contributed by atoms with Gasteiger partial charge in [-0.25, -0.2) is 0 Å². The van der Waals surface area contributed by atoms with Crippen LogP contribution >= 0.6 is 11.6 Å². The Morgan fingerprint density at radius 3 is 2.35 bits per heavy atom. The number of hydrogen-bond donors (Lipinski definition) is 0. The molecule has 1 aliphatic heterocycles. The van der Waals surface area contributed by atoms with Crippen LogP contribution in [-0.4, -0.2) is 52.5 Å². The summed E-state index contributed by atoms with van der Waals surface area (Å²) in [6.45, 7) is 12.9. The second-order valence-corrected chi connectivity index (χ2v) is 11.2. The van der Waals surface area contributed by atoms with Crippen molar-refractivity contribution in [2.75, 3.05) is 44.2 Å². The molecule has 1 saturated heterocycles. The average Bonchev–Trinajstić information content (AvgIpc) is 2.39. The lowest BCUT2D eigenvalue weighted by molar-refractivity contribution is 0.197. The van der Waals surface area contributed by atoms with Gasteiger partial charge in [0.1, 0.15) is 0 Å². The number of anilines is 1. The summed E-state index contributed by atoms with van der Waals surface area (Å²) in [7, 11) is -1.37. The molecule has 2 rings (SSSR count). The van der Waals surface area contributed by atoms with Gasteiger partial charge in [-0.3, -0.25) is 4.90 Å². The van der Waals surface area contributed by atoms with E-state index < -0.39 is 8.32 Å². The molecule has 20 heavy (non-hydrogen) atoms. The van der Waals surface area contributed by atoms with Crippen molar-refractivity contribution >= 4 is 25.6 Å². The third kappa shape index (κ3) is 4.77. The van der Waals surface area contributed by atoms with Crippen LogP contribution in [0, 0.1) is 0 Å². The van der Waals surface area contributed by atoms with E-state index in [1.165, 1.54) is 0 Å². The molecule has 0 aliphatic carbocycles. The Morgan fingerprint density at radius 1 is 1.10 bits per heavy atom. The SMILES string of the molecule is C[Si](C)(C)OCCN1CCN(c2ccccc2Cl)CC1. The Hall–Kier alpha value is -0.553. The summed E-state index contributed by atoms with van der Waals surface area (Å²) in [5.41, 5.74) is 1.16. The van der Waals surface area contributed by atoms with Crippen molar-refractivity contribution < 1.29 is 4.43 Å². The summed E-state index contributed by atoms with van der Waals surface area (Å²) < 4.78 is 5.93. The zero-order valence-corrected chi connectivity index (χ0v) is 14.5. The first kappa shape index (κ1) is 15.8. The molecule has 3 nitrogen and oxygen atoms in total. The first-order chi connectivity index (χ1) is 9.46. The molecule has 1 aromatic carbocycles. The Labute approximate surface area is 128 Å². The predicted octanol–water partition coefficient (Wildman–Crippen LogP) is 3.31. The predicted molar refractivity (Wildman–Crippen MR) is 89.4 cm³/mol. The van der Waals surface area contributed by atoms with Gasteiger partial charge < -0.3 is 9.33 Å². The van der Waals surface area contributed by atoms with Crippen molar-refractivity contribution in [1.82, 2.24) is 4.90 Å². The molecule has 0 saturated carbocycles. The highest BCUT2D eigenvalue weighted by molar-refractivity contribution is 6.69. The first-order valence-electron chi connectivity index (χ1n) is 7.31. The van der Waals surface area contributed by atoms with E-state index >= 15 is 0 Å². The fourth-order valence-corrected chi connectivity index (χ4v) is 3.36. The molecule has 0 spiro atoms. The molecule has 0 radical (unpaired) electrons. The van der Waals surface area contributed by atoms with E-state index in [4.69, 9.17) is 16.0 Å². The van der Waals surface area contributed by atoms with Crippen molar-refractivity contribution in [2.24, 2.45) is 0 Å². The zero-order valence-electron chi connectivity index (χ0n) is 12.7. The highest BCUT2D eigenvalue weighted by atomic mass is 35.5. The van der Waals surface area contributed by atoms with Gasteiger partial charge >= 0.3 is 0 Å². The standard InChI is InChI=1S/C15H25ClN2OSi/c1-20(2,3)19-13-12-17-8-10-18(11-9-17)15-7-5-4-6-14(15)16/h4-7H,8-13H2,1-3H3. The summed E-state index contributed by atoms with van der Waals surface area (Å²) >= 11 is 6.26. The van der Waals surface area contributed by atoms with E-state index in [0.29, 0.717) is 0 Å². The highest BCUT2D eigenvalue weighted by Crippen LogP contribution is 2.25. The van der Waals surface area contributed by atoms with Crippen LogP contribution in [0.2, 0.25) is 24.7 Å². The van der Waals surface area contributed by atoms with Gasteiger partial charge in [0, 0.05) is 39.3 Å². The summed E-state index contributed by atoms with van der Waals surface area (Å²) in [6, 6.07) is 8.10. The lowest BCUT2D eigenvalue weighted by atomic mass is 10.2. The van der Waals surface area contributed by atoms with Crippen molar-refractivity contribution in [1.29, 1.82) is 0 Å². The average molecular weight is 313 g/mol. The van der Waals surface area contributed by atoms with Gasteiger partial charge in [0.05, 0.1) is 10.7 Å². The van der Waals surface area contributed by atoms with Crippen LogP contribution in [0.3, 0.4) is 0 Å². The van der Waals surface area contributed by atoms with Crippen molar-refractivity contribution in [3.63, 3.8) is 0 Å². The molecule has 0 amide bonds. The van der Waals surface area contributed by atoms with Crippen LogP contribution in [0.15, 0.2) is 24.3 Å². The summed E-state index contributed by atoms with van der Waals surface area (Å²) in [6.07, 6.45) is 0. The quantitative estimate of drug-likeness (QED) is 0.776. The number of benzene rings is 1. The first-order valence-corrected chi connectivity index (χ1v) is 11.1.